The van der Waals surface area contributed by atoms with Gasteiger partial charge in [0.25, 0.3) is 0 Å². The molecule has 0 aromatic rings. The van der Waals surface area contributed by atoms with E-state index in [0.717, 1.165) is 6.54 Å². The van der Waals surface area contributed by atoms with E-state index in [1.807, 2.05) is 0 Å². The van der Waals surface area contributed by atoms with Gasteiger partial charge < -0.3 is 5.32 Å². The van der Waals surface area contributed by atoms with Crippen molar-refractivity contribution in [1.82, 2.24) is 5.32 Å². The minimum atomic E-state index is -0.0283. The lowest BCUT2D eigenvalue weighted by atomic mass is 10.0. The first-order chi connectivity index (χ1) is 5.98. The average molecular weight is 183 g/mol. The molecule has 1 nitrogen and oxygen atoms in total. The minimum Gasteiger partial charge on any atom is -0.302 e. The molecule has 0 radical (unpaired) electrons. The Labute approximate surface area is 84.8 Å². The summed E-state index contributed by atoms with van der Waals surface area (Å²) < 4.78 is 0. The summed E-state index contributed by atoms with van der Waals surface area (Å²) in [5, 5.41) is 3.44. The van der Waals surface area contributed by atoms with E-state index in [0.29, 0.717) is 5.92 Å². The second kappa shape index (κ2) is 6.05. The van der Waals surface area contributed by atoms with E-state index in [1.165, 1.54) is 12.8 Å². The fourth-order valence-electron chi connectivity index (χ4n) is 0.947. The van der Waals surface area contributed by atoms with Crippen molar-refractivity contribution in [3.8, 4) is 11.8 Å². The van der Waals surface area contributed by atoms with Crippen molar-refractivity contribution in [1.29, 1.82) is 0 Å². The Hall–Kier alpha value is -0.480. The highest BCUT2D eigenvalue weighted by Gasteiger charge is 2.11. The summed E-state index contributed by atoms with van der Waals surface area (Å²) in [6, 6.07) is 0. The Kier molecular flexibility index (Phi) is 5.82. The highest BCUT2D eigenvalue weighted by atomic mass is 14.9. The summed E-state index contributed by atoms with van der Waals surface area (Å²) >= 11 is 0. The highest BCUT2D eigenvalue weighted by molar-refractivity contribution is 5.15. The Bertz CT molecular complexity index is 186. The molecule has 1 N–H and O–H groups in total. The molecule has 0 amide bonds. The summed E-state index contributed by atoms with van der Waals surface area (Å²) in [5.41, 5.74) is -0.0283. The van der Waals surface area contributed by atoms with E-state index < -0.39 is 0 Å². The van der Waals surface area contributed by atoms with Gasteiger partial charge in [-0.1, -0.05) is 39.0 Å². The van der Waals surface area contributed by atoms with Crippen LogP contribution in [0.3, 0.4) is 0 Å². The molecule has 0 aromatic carbocycles. The summed E-state index contributed by atoms with van der Waals surface area (Å²) in [6.45, 7) is 11.8. The summed E-state index contributed by atoms with van der Waals surface area (Å²) in [6.07, 6.45) is 2.47. The largest absolute Gasteiger partial charge is 0.302 e. The zero-order valence-corrected chi connectivity index (χ0v) is 9.70. The van der Waals surface area contributed by atoms with Crippen molar-refractivity contribution >= 4 is 0 Å². The maximum atomic E-state index is 3.44. The fourth-order valence-corrected chi connectivity index (χ4v) is 0.947. The zero-order chi connectivity index (χ0) is 10.3. The predicted octanol–water partition coefficient (Wildman–Crippen LogP) is 3.06. The molecule has 0 atom stereocenters. The maximum Gasteiger partial charge on any atom is 0.0744 e. The lowest BCUT2D eigenvalue weighted by molar-refractivity contribution is 0.481. The third-order valence-electron chi connectivity index (χ3n) is 1.77. The van der Waals surface area contributed by atoms with Crippen LogP contribution in [0.4, 0.5) is 0 Å². The lowest BCUT2D eigenvalue weighted by Gasteiger charge is -2.19. The van der Waals surface area contributed by atoms with Gasteiger partial charge in [-0.25, -0.2) is 0 Å². The van der Waals surface area contributed by atoms with E-state index in [1.54, 1.807) is 0 Å². The van der Waals surface area contributed by atoms with Crippen molar-refractivity contribution in [2.45, 2.75) is 53.0 Å². The van der Waals surface area contributed by atoms with Gasteiger partial charge in [0.05, 0.1) is 5.54 Å². The van der Waals surface area contributed by atoms with Crippen LogP contribution in [0.5, 0.6) is 0 Å². The van der Waals surface area contributed by atoms with Crippen molar-refractivity contribution in [2.75, 3.05) is 6.54 Å². The molecular weight excluding hydrogens is 158 g/mol. The predicted molar refractivity (Wildman–Crippen MR) is 61.7 cm³/mol. The number of hydrogen-bond acceptors (Lipinski definition) is 1. The number of rotatable bonds is 4. The molecule has 1 heteroatoms. The number of unbranched alkanes of at least 4 members (excludes halogenated alkanes) is 1. The SMILES string of the molecule is CCCCNC(C)(C)C#CC(C)C.[HH]. The zero-order valence-electron chi connectivity index (χ0n) is 9.70. The molecule has 0 saturated heterocycles. The normalized spacial score (nSPS) is 11.2. The van der Waals surface area contributed by atoms with E-state index in [-0.39, 0.29) is 6.97 Å². The van der Waals surface area contributed by atoms with Gasteiger partial charge in [0.1, 0.15) is 0 Å². The Morgan fingerprint density at radius 2 is 2.00 bits per heavy atom. The van der Waals surface area contributed by atoms with Crippen molar-refractivity contribution in [2.24, 2.45) is 5.92 Å². The van der Waals surface area contributed by atoms with Crippen LogP contribution in [0, 0.1) is 17.8 Å². The molecule has 0 aliphatic rings. The highest BCUT2D eigenvalue weighted by Crippen LogP contribution is 2.01. The monoisotopic (exact) mass is 183 g/mol. The molecule has 0 aliphatic heterocycles. The van der Waals surface area contributed by atoms with Gasteiger partial charge in [0, 0.05) is 7.34 Å². The minimum absolute atomic E-state index is 0. The third-order valence-corrected chi connectivity index (χ3v) is 1.77. The van der Waals surface area contributed by atoms with Gasteiger partial charge in [0.15, 0.2) is 0 Å². The second-order valence-electron chi connectivity index (χ2n) is 4.33. The smallest absolute Gasteiger partial charge is 0.0744 e. The molecular formula is C12H25N. The van der Waals surface area contributed by atoms with Gasteiger partial charge in [-0.15, -0.1) is 0 Å². The van der Waals surface area contributed by atoms with Crippen LogP contribution in [0.25, 0.3) is 0 Å². The van der Waals surface area contributed by atoms with Crippen LogP contribution in [-0.4, -0.2) is 12.1 Å². The second-order valence-corrected chi connectivity index (χ2v) is 4.33. The molecule has 0 aliphatic carbocycles. The Morgan fingerprint density at radius 3 is 2.46 bits per heavy atom. The average Bonchev–Trinajstić information content (AvgIpc) is 2.02. The van der Waals surface area contributed by atoms with Crippen LogP contribution in [0.1, 0.15) is 48.9 Å². The van der Waals surface area contributed by atoms with Gasteiger partial charge in [-0.2, -0.15) is 0 Å². The summed E-state index contributed by atoms with van der Waals surface area (Å²) in [4.78, 5) is 0. The van der Waals surface area contributed by atoms with Gasteiger partial charge >= 0.3 is 0 Å². The maximum absolute atomic E-state index is 3.44. The summed E-state index contributed by atoms with van der Waals surface area (Å²) in [7, 11) is 0. The molecule has 0 spiro atoms. The standard InChI is InChI=1S/C12H23N.H2/c1-6-7-10-13-12(4,5)9-8-11(2)3;/h11,13H,6-7,10H2,1-5H3;1H. The van der Waals surface area contributed by atoms with Crippen LogP contribution in [-0.2, 0) is 0 Å². The lowest BCUT2D eigenvalue weighted by Crippen LogP contribution is -2.38. The van der Waals surface area contributed by atoms with Crippen LogP contribution < -0.4 is 5.32 Å². The topological polar surface area (TPSA) is 12.0 Å². The molecule has 0 unspecified atom stereocenters. The first-order valence-electron chi connectivity index (χ1n) is 5.25. The molecule has 0 heterocycles. The van der Waals surface area contributed by atoms with Gasteiger partial charge in [0.2, 0.25) is 0 Å². The van der Waals surface area contributed by atoms with Crippen molar-refractivity contribution in [3.63, 3.8) is 0 Å². The Balaban J connectivity index is 0. The number of hydrogen-bond donors (Lipinski definition) is 1. The first-order valence-corrected chi connectivity index (χ1v) is 5.25. The quantitative estimate of drug-likeness (QED) is 0.522. The molecule has 0 fully saturated rings. The Morgan fingerprint density at radius 1 is 1.38 bits per heavy atom. The molecule has 78 valence electrons. The van der Waals surface area contributed by atoms with Gasteiger partial charge in [-0.3, -0.25) is 0 Å². The van der Waals surface area contributed by atoms with E-state index in [4.69, 9.17) is 0 Å². The van der Waals surface area contributed by atoms with E-state index >= 15 is 0 Å². The molecule has 0 aromatic heterocycles. The van der Waals surface area contributed by atoms with Gasteiger partial charge in [-0.05, 0) is 26.8 Å². The van der Waals surface area contributed by atoms with E-state index in [2.05, 4.69) is 51.8 Å². The van der Waals surface area contributed by atoms with Crippen LogP contribution in [0.15, 0.2) is 0 Å². The summed E-state index contributed by atoms with van der Waals surface area (Å²) in [5.74, 6) is 6.92. The molecule has 13 heavy (non-hydrogen) atoms. The fraction of sp³-hybridized carbons (Fsp3) is 0.833. The third kappa shape index (κ3) is 7.87. The van der Waals surface area contributed by atoms with E-state index in [9.17, 15) is 0 Å². The van der Waals surface area contributed by atoms with Crippen molar-refractivity contribution in [3.05, 3.63) is 0 Å². The van der Waals surface area contributed by atoms with Crippen molar-refractivity contribution < 1.29 is 1.43 Å². The molecule has 0 bridgehead atoms. The number of nitrogens with one attached hydrogen (secondary N) is 1. The molecule has 0 saturated carbocycles. The van der Waals surface area contributed by atoms with Crippen LogP contribution in [0.2, 0.25) is 0 Å². The molecule has 0 rings (SSSR count). The first kappa shape index (κ1) is 12.5. The van der Waals surface area contributed by atoms with Crippen LogP contribution >= 0.6 is 0 Å².